The van der Waals surface area contributed by atoms with Crippen LogP contribution in [-0.4, -0.2) is 129 Å². The number of cyclic esters (lactones) is 1. The number of carboxylic acids is 3. The molecule has 4 aliphatic carbocycles. The highest BCUT2D eigenvalue weighted by molar-refractivity contribution is 5.85. The molecule has 0 spiro atoms. The summed E-state index contributed by atoms with van der Waals surface area (Å²) < 4.78 is 11.9. The van der Waals surface area contributed by atoms with E-state index in [9.17, 15) is 49.5 Å². The van der Waals surface area contributed by atoms with E-state index in [1.54, 1.807) is 0 Å². The number of aliphatic hydroxyl groups is 2. The maximum Gasteiger partial charge on any atom is 0.331 e. The van der Waals surface area contributed by atoms with E-state index >= 15 is 0 Å². The van der Waals surface area contributed by atoms with Gasteiger partial charge in [0.25, 0.3) is 0 Å². The van der Waals surface area contributed by atoms with Crippen LogP contribution in [0.5, 0.6) is 0 Å². The van der Waals surface area contributed by atoms with E-state index in [1.807, 2.05) is 6.92 Å². The fourth-order valence-electron chi connectivity index (χ4n) is 10.3. The zero-order valence-corrected chi connectivity index (χ0v) is 27.1. The molecule has 47 heavy (non-hydrogen) atoms. The van der Waals surface area contributed by atoms with Gasteiger partial charge in [-0.25, -0.2) is 4.79 Å². The van der Waals surface area contributed by atoms with Crippen LogP contribution in [0.1, 0.15) is 65.2 Å². The van der Waals surface area contributed by atoms with E-state index in [4.69, 9.17) is 9.47 Å². The number of hydrogen-bond donors (Lipinski definition) is 5. The normalized spacial score (nSPS) is 37.8. The summed E-state index contributed by atoms with van der Waals surface area (Å²) in [5, 5.41) is 50.6. The number of esters is 2. The smallest absolute Gasteiger partial charge is 0.331 e. The van der Waals surface area contributed by atoms with Gasteiger partial charge in [-0.2, -0.15) is 0 Å². The standard InChI is InChI=1S/C33H48N2O12/c1-31-7-5-21(36)12-20(31)3-4-23-24(31)13-25(37)32(2)22(19-11-29(44)46-18-19)6-8-33(23,32)47-30(45)17-35(16-28(42)43)10-9-34(14-26(38)39)15-27(40)41/h11,20-25,36-37H,3-10,12-18H2,1-2H3,(H,38,39)(H,40,41)(H,42,43)/t20-,21+,22-,23-,24+,25-,31+,32+,33+/m1/s1. The zero-order valence-electron chi connectivity index (χ0n) is 27.1. The van der Waals surface area contributed by atoms with Crippen LogP contribution in [0.4, 0.5) is 0 Å². The van der Waals surface area contributed by atoms with Gasteiger partial charge in [-0.1, -0.05) is 13.8 Å². The monoisotopic (exact) mass is 664 g/mol. The predicted molar refractivity (Wildman–Crippen MR) is 163 cm³/mol. The van der Waals surface area contributed by atoms with Gasteiger partial charge in [-0.3, -0.25) is 29.0 Å². The molecular formula is C33H48N2O12. The van der Waals surface area contributed by atoms with Crippen LogP contribution in [0.15, 0.2) is 11.6 Å². The van der Waals surface area contributed by atoms with Crippen LogP contribution < -0.4 is 0 Å². The minimum absolute atomic E-state index is 0.00883. The molecule has 5 aliphatic rings. The van der Waals surface area contributed by atoms with Gasteiger partial charge < -0.3 is 35.0 Å². The lowest BCUT2D eigenvalue weighted by Crippen LogP contribution is -2.68. The first-order valence-electron chi connectivity index (χ1n) is 16.6. The van der Waals surface area contributed by atoms with Crippen molar-refractivity contribution in [2.45, 2.75) is 83.0 Å². The predicted octanol–water partition coefficient (Wildman–Crippen LogP) is 0.984. The first-order valence-corrected chi connectivity index (χ1v) is 16.6. The molecule has 0 saturated heterocycles. The van der Waals surface area contributed by atoms with Crippen molar-refractivity contribution in [3.8, 4) is 0 Å². The van der Waals surface area contributed by atoms with Crippen LogP contribution in [0.2, 0.25) is 0 Å². The summed E-state index contributed by atoms with van der Waals surface area (Å²) in [5.74, 6) is -4.96. The van der Waals surface area contributed by atoms with Crippen molar-refractivity contribution in [3.05, 3.63) is 11.6 Å². The first kappa shape index (κ1) is 35.2. The Labute approximate surface area is 273 Å². The Kier molecular flexibility index (Phi) is 10.1. The molecule has 0 aromatic carbocycles. The Morgan fingerprint density at radius 3 is 2.04 bits per heavy atom. The fourth-order valence-corrected chi connectivity index (χ4v) is 10.3. The Morgan fingerprint density at radius 1 is 0.851 bits per heavy atom. The van der Waals surface area contributed by atoms with Crippen molar-refractivity contribution < 1.29 is 59.0 Å². The van der Waals surface area contributed by atoms with Crippen molar-refractivity contribution in [2.75, 3.05) is 45.9 Å². The van der Waals surface area contributed by atoms with Crippen molar-refractivity contribution in [3.63, 3.8) is 0 Å². The molecule has 5 rings (SSSR count). The Morgan fingerprint density at radius 2 is 1.47 bits per heavy atom. The van der Waals surface area contributed by atoms with Gasteiger partial charge in [-0.05, 0) is 80.1 Å². The molecule has 0 amide bonds. The van der Waals surface area contributed by atoms with Gasteiger partial charge >= 0.3 is 29.8 Å². The molecule has 1 aliphatic heterocycles. The average molecular weight is 665 g/mol. The quantitative estimate of drug-likeness (QED) is 0.174. The summed E-state index contributed by atoms with van der Waals surface area (Å²) in [6, 6.07) is 0. The molecule has 0 bridgehead atoms. The second kappa shape index (κ2) is 13.4. The van der Waals surface area contributed by atoms with Crippen LogP contribution in [0.25, 0.3) is 0 Å². The molecule has 14 nitrogen and oxygen atoms in total. The number of carbonyl (C=O) groups is 5. The maximum atomic E-state index is 14.0. The molecule has 0 aromatic rings. The lowest BCUT2D eigenvalue weighted by atomic mass is 9.42. The minimum atomic E-state index is -1.24. The molecule has 0 aromatic heterocycles. The van der Waals surface area contributed by atoms with Gasteiger partial charge in [0.2, 0.25) is 0 Å². The summed E-state index contributed by atoms with van der Waals surface area (Å²) in [7, 11) is 0. The topological polar surface area (TPSA) is 211 Å². The van der Waals surface area contributed by atoms with E-state index in [-0.39, 0.29) is 54.9 Å². The van der Waals surface area contributed by atoms with Gasteiger partial charge in [0.05, 0.1) is 38.4 Å². The molecule has 0 radical (unpaired) electrons. The Hall–Kier alpha value is -3.07. The van der Waals surface area contributed by atoms with E-state index in [1.165, 1.54) is 11.0 Å². The maximum absolute atomic E-state index is 14.0. The largest absolute Gasteiger partial charge is 0.480 e. The Bertz CT molecular complexity index is 1290. The fraction of sp³-hybridized carbons (Fsp3) is 0.788. The minimum Gasteiger partial charge on any atom is -0.480 e. The van der Waals surface area contributed by atoms with E-state index in [2.05, 4.69) is 6.92 Å². The molecule has 262 valence electrons. The third-order valence-corrected chi connectivity index (χ3v) is 12.5. The van der Waals surface area contributed by atoms with Gasteiger partial charge in [-0.15, -0.1) is 0 Å². The average Bonchev–Trinajstić information content (AvgIpc) is 3.52. The van der Waals surface area contributed by atoms with Gasteiger partial charge in [0.1, 0.15) is 12.2 Å². The number of aliphatic hydroxyl groups excluding tert-OH is 2. The highest BCUT2D eigenvalue weighted by Crippen LogP contribution is 2.71. The van der Waals surface area contributed by atoms with Crippen LogP contribution in [0.3, 0.4) is 0 Å². The molecule has 5 N–H and O–H groups in total. The third kappa shape index (κ3) is 6.66. The molecule has 4 saturated carbocycles. The summed E-state index contributed by atoms with van der Waals surface area (Å²) >= 11 is 0. The molecule has 14 heteroatoms. The molecule has 4 fully saturated rings. The molecule has 9 atom stereocenters. The number of nitrogens with zero attached hydrogens (tertiary/aromatic N) is 2. The number of carbonyl (C=O) groups excluding carboxylic acids is 2. The van der Waals surface area contributed by atoms with Crippen LogP contribution in [-0.2, 0) is 33.4 Å². The van der Waals surface area contributed by atoms with Crippen molar-refractivity contribution >= 4 is 29.8 Å². The summed E-state index contributed by atoms with van der Waals surface area (Å²) in [4.78, 5) is 62.9. The number of ether oxygens (including phenoxy) is 2. The second-order valence-corrected chi connectivity index (χ2v) is 14.8. The Balaban J connectivity index is 1.44. The third-order valence-electron chi connectivity index (χ3n) is 12.5. The SMILES string of the molecule is C[C@]12CC[C@H](O)C[C@H]1CC[C@@H]1[C@@H]2C[C@@H](O)[C@]2(C)[C@@H](C3=CC(=O)OC3)CC[C@]12OC(=O)CN(CCN(CC(=O)O)CC(=O)O)CC(=O)O. The van der Waals surface area contributed by atoms with Crippen molar-refractivity contribution in [1.82, 2.24) is 9.80 Å². The molecule has 0 unspecified atom stereocenters. The lowest BCUT2D eigenvalue weighted by Gasteiger charge is -2.65. The van der Waals surface area contributed by atoms with E-state index in [0.717, 1.165) is 29.7 Å². The zero-order chi connectivity index (χ0) is 34.3. The summed E-state index contributed by atoms with van der Waals surface area (Å²) in [5.41, 5.74) is -1.50. The number of aliphatic carboxylic acids is 3. The van der Waals surface area contributed by atoms with Gasteiger partial charge in [0, 0.05) is 30.5 Å². The number of fused-ring (bicyclic) bond motifs is 5. The van der Waals surface area contributed by atoms with Crippen molar-refractivity contribution in [2.24, 2.45) is 34.5 Å². The summed E-state index contributed by atoms with van der Waals surface area (Å²) in [6.45, 7) is 1.94. The molecular weight excluding hydrogens is 616 g/mol. The van der Waals surface area contributed by atoms with Crippen LogP contribution in [0, 0.1) is 34.5 Å². The lowest BCUT2D eigenvalue weighted by molar-refractivity contribution is -0.257. The van der Waals surface area contributed by atoms with Gasteiger partial charge in [0.15, 0.2) is 0 Å². The highest BCUT2D eigenvalue weighted by atomic mass is 16.6. The molecule has 1 heterocycles. The number of hydrogen-bond acceptors (Lipinski definition) is 11. The van der Waals surface area contributed by atoms with E-state index in [0.29, 0.717) is 32.1 Å². The first-order chi connectivity index (χ1) is 22.1. The van der Waals surface area contributed by atoms with Crippen LogP contribution >= 0.6 is 0 Å². The second-order valence-electron chi connectivity index (χ2n) is 14.8. The van der Waals surface area contributed by atoms with E-state index < -0.39 is 73.1 Å². The number of rotatable bonds is 13. The highest BCUT2D eigenvalue weighted by Gasteiger charge is 2.73. The van der Waals surface area contributed by atoms with Crippen molar-refractivity contribution in [1.29, 1.82) is 0 Å². The summed E-state index contributed by atoms with van der Waals surface area (Å²) in [6.07, 6.45) is 5.45. The number of carboxylic acid groups (broad SMARTS) is 3.